The summed E-state index contributed by atoms with van der Waals surface area (Å²) >= 11 is 9.71. The van der Waals surface area contributed by atoms with E-state index in [4.69, 9.17) is 21.1 Å². The maximum atomic E-state index is 13.3. The van der Waals surface area contributed by atoms with Gasteiger partial charge in [-0.1, -0.05) is 46.6 Å². The first-order chi connectivity index (χ1) is 16.9. The quantitative estimate of drug-likeness (QED) is 0.236. The normalized spacial score (nSPS) is 11.3. The average molecular weight is 559 g/mol. The summed E-state index contributed by atoms with van der Waals surface area (Å²) in [6.45, 7) is 2.18. The number of hydrogen-bond donors (Lipinski definition) is 0. The third-order valence-corrected chi connectivity index (χ3v) is 5.94. The van der Waals surface area contributed by atoms with Crippen LogP contribution in [0, 0.1) is 5.82 Å². The molecule has 6 nitrogen and oxygen atoms in total. The Hall–Kier alpha value is -3.23. The van der Waals surface area contributed by atoms with Gasteiger partial charge in [-0.05, 0) is 48.4 Å². The molecule has 9 heteroatoms. The van der Waals surface area contributed by atoms with Crippen molar-refractivity contribution >= 4 is 44.6 Å². The van der Waals surface area contributed by atoms with Gasteiger partial charge in [-0.25, -0.2) is 9.37 Å². The summed E-state index contributed by atoms with van der Waals surface area (Å²) in [6.07, 6.45) is 2.87. The Bertz CT molecular complexity index is 1460. The molecule has 0 fully saturated rings. The largest absolute Gasteiger partial charge is 0.493 e. The number of benzene rings is 3. The number of methoxy groups -OCH3 is 1. The Labute approximate surface area is 215 Å². The van der Waals surface area contributed by atoms with E-state index in [0.29, 0.717) is 45.2 Å². The van der Waals surface area contributed by atoms with E-state index in [0.717, 1.165) is 16.5 Å². The number of hydrogen-bond acceptors (Lipinski definition) is 5. The zero-order valence-corrected chi connectivity index (χ0v) is 21.4. The lowest BCUT2D eigenvalue weighted by Crippen LogP contribution is -2.22. The molecule has 4 aromatic rings. The molecule has 0 unspecified atom stereocenters. The molecule has 0 saturated carbocycles. The van der Waals surface area contributed by atoms with Crippen LogP contribution >= 0.6 is 27.5 Å². The molecule has 0 spiro atoms. The maximum Gasteiger partial charge on any atom is 0.282 e. The van der Waals surface area contributed by atoms with E-state index >= 15 is 0 Å². The molecule has 180 valence electrons. The van der Waals surface area contributed by atoms with Crippen LogP contribution in [0.15, 0.2) is 69.0 Å². The summed E-state index contributed by atoms with van der Waals surface area (Å²) in [7, 11) is 1.51. The topological polar surface area (TPSA) is 65.7 Å². The van der Waals surface area contributed by atoms with Crippen molar-refractivity contribution in [2.45, 2.75) is 26.4 Å². The van der Waals surface area contributed by atoms with Gasteiger partial charge < -0.3 is 9.47 Å². The molecule has 1 aromatic heterocycles. The highest BCUT2D eigenvalue weighted by Crippen LogP contribution is 2.34. The van der Waals surface area contributed by atoms with Crippen LogP contribution in [0.3, 0.4) is 0 Å². The number of ether oxygens (including phenoxy) is 2. The van der Waals surface area contributed by atoms with Gasteiger partial charge in [0, 0.05) is 27.5 Å². The van der Waals surface area contributed by atoms with Crippen molar-refractivity contribution in [2.24, 2.45) is 5.10 Å². The lowest BCUT2D eigenvalue weighted by atomic mass is 10.2. The fraction of sp³-hybridized carbons (Fsp3) is 0.192. The summed E-state index contributed by atoms with van der Waals surface area (Å²) in [5.41, 5.74) is 1.62. The van der Waals surface area contributed by atoms with Gasteiger partial charge in [-0.2, -0.15) is 9.78 Å². The van der Waals surface area contributed by atoms with E-state index in [1.165, 1.54) is 30.1 Å². The molecular formula is C26H22BrClFN3O3. The molecule has 0 N–H and O–H groups in total. The molecular weight excluding hydrogens is 537 g/mol. The Balaban J connectivity index is 1.77. The van der Waals surface area contributed by atoms with E-state index in [1.807, 2.05) is 13.0 Å². The molecule has 0 aliphatic heterocycles. The number of rotatable bonds is 8. The van der Waals surface area contributed by atoms with Crippen molar-refractivity contribution in [3.63, 3.8) is 0 Å². The van der Waals surface area contributed by atoms with Gasteiger partial charge in [0.05, 0.1) is 24.2 Å². The number of fused-ring (bicyclic) bond motifs is 1. The number of aromatic nitrogens is 2. The predicted molar refractivity (Wildman–Crippen MR) is 139 cm³/mol. The number of aryl methyl sites for hydroxylation is 1. The molecule has 0 aliphatic rings. The van der Waals surface area contributed by atoms with Gasteiger partial charge in [-0.15, -0.1) is 0 Å². The third-order valence-electron chi connectivity index (χ3n) is 5.23. The lowest BCUT2D eigenvalue weighted by Gasteiger charge is -2.14. The van der Waals surface area contributed by atoms with E-state index < -0.39 is 0 Å². The van der Waals surface area contributed by atoms with Gasteiger partial charge in [-0.3, -0.25) is 4.79 Å². The summed E-state index contributed by atoms with van der Waals surface area (Å²) in [4.78, 5) is 17.9. The lowest BCUT2D eigenvalue weighted by molar-refractivity contribution is 0.284. The van der Waals surface area contributed by atoms with Crippen LogP contribution in [0.4, 0.5) is 4.39 Å². The second-order valence-corrected chi connectivity index (χ2v) is 9.09. The molecule has 4 rings (SSSR count). The smallest absolute Gasteiger partial charge is 0.282 e. The highest BCUT2D eigenvalue weighted by atomic mass is 79.9. The van der Waals surface area contributed by atoms with Crippen molar-refractivity contribution in [3.05, 3.63) is 97.2 Å². The summed E-state index contributed by atoms with van der Waals surface area (Å²) < 4.78 is 26.8. The molecule has 0 amide bonds. The van der Waals surface area contributed by atoms with Gasteiger partial charge in [0.25, 0.3) is 5.56 Å². The zero-order valence-electron chi connectivity index (χ0n) is 19.1. The van der Waals surface area contributed by atoms with Crippen LogP contribution in [-0.2, 0) is 13.0 Å². The van der Waals surface area contributed by atoms with E-state index in [2.05, 4.69) is 26.0 Å². The summed E-state index contributed by atoms with van der Waals surface area (Å²) in [5, 5.41) is 5.34. The Morgan fingerprint density at radius 3 is 2.66 bits per heavy atom. The molecule has 0 bridgehead atoms. The molecule has 3 aromatic carbocycles. The standard InChI is InChI=1S/C26H22BrClFN3O3/c1-3-4-24-31-22-10-7-18(27)12-21(22)26(33)32(24)30-14-17-11-19(28)13-23(34-2)25(17)35-15-16-5-8-20(29)9-6-16/h5-14H,3-4,15H2,1-2H3. The van der Waals surface area contributed by atoms with Crippen molar-refractivity contribution in [1.82, 2.24) is 9.66 Å². The average Bonchev–Trinajstić information content (AvgIpc) is 2.84. The Morgan fingerprint density at radius 2 is 1.94 bits per heavy atom. The van der Waals surface area contributed by atoms with E-state index in [1.54, 1.807) is 36.4 Å². The first-order valence-electron chi connectivity index (χ1n) is 10.9. The van der Waals surface area contributed by atoms with Crippen molar-refractivity contribution in [1.29, 1.82) is 0 Å². The van der Waals surface area contributed by atoms with E-state index in [-0.39, 0.29) is 18.0 Å². The molecule has 0 atom stereocenters. The maximum absolute atomic E-state index is 13.3. The van der Waals surface area contributed by atoms with Crippen molar-refractivity contribution < 1.29 is 13.9 Å². The predicted octanol–water partition coefficient (Wildman–Crippen LogP) is 6.37. The molecule has 35 heavy (non-hydrogen) atoms. The second-order valence-electron chi connectivity index (χ2n) is 7.74. The Kier molecular flexibility index (Phi) is 7.83. The molecule has 0 aliphatic carbocycles. The van der Waals surface area contributed by atoms with E-state index in [9.17, 15) is 9.18 Å². The third kappa shape index (κ3) is 5.71. The fourth-order valence-electron chi connectivity index (χ4n) is 3.55. The highest BCUT2D eigenvalue weighted by molar-refractivity contribution is 9.10. The second kappa shape index (κ2) is 11.0. The zero-order chi connectivity index (χ0) is 24.9. The van der Waals surface area contributed by atoms with Crippen LogP contribution in [0.5, 0.6) is 11.5 Å². The van der Waals surface area contributed by atoms with Crippen molar-refractivity contribution in [3.8, 4) is 11.5 Å². The number of halogens is 3. The van der Waals surface area contributed by atoms with Crippen LogP contribution in [0.1, 0.15) is 30.3 Å². The van der Waals surface area contributed by atoms with Crippen LogP contribution in [0.2, 0.25) is 5.02 Å². The van der Waals surface area contributed by atoms with Crippen LogP contribution in [-0.4, -0.2) is 23.0 Å². The van der Waals surface area contributed by atoms with Gasteiger partial charge >= 0.3 is 0 Å². The van der Waals surface area contributed by atoms with Gasteiger partial charge in [0.2, 0.25) is 0 Å². The summed E-state index contributed by atoms with van der Waals surface area (Å²) in [6, 6.07) is 14.7. The monoisotopic (exact) mass is 557 g/mol. The minimum absolute atomic E-state index is 0.172. The Morgan fingerprint density at radius 1 is 1.17 bits per heavy atom. The van der Waals surface area contributed by atoms with Crippen molar-refractivity contribution in [2.75, 3.05) is 7.11 Å². The first-order valence-corrected chi connectivity index (χ1v) is 12.1. The highest BCUT2D eigenvalue weighted by Gasteiger charge is 2.14. The minimum Gasteiger partial charge on any atom is -0.493 e. The van der Waals surface area contributed by atoms with Gasteiger partial charge in [0.15, 0.2) is 11.5 Å². The first kappa shape index (κ1) is 24.9. The fourth-order valence-corrected chi connectivity index (χ4v) is 4.12. The van der Waals surface area contributed by atoms with Crippen LogP contribution in [0.25, 0.3) is 10.9 Å². The molecule has 0 saturated heterocycles. The van der Waals surface area contributed by atoms with Crippen LogP contribution < -0.4 is 15.0 Å². The molecule has 1 heterocycles. The number of nitrogens with zero attached hydrogens (tertiary/aromatic N) is 3. The summed E-state index contributed by atoms with van der Waals surface area (Å²) in [5.74, 6) is 1.02. The van der Waals surface area contributed by atoms with Gasteiger partial charge in [0.1, 0.15) is 18.2 Å². The minimum atomic E-state index is -0.324. The SMILES string of the molecule is CCCc1nc2ccc(Br)cc2c(=O)n1N=Cc1cc(Cl)cc(OC)c1OCc1ccc(F)cc1. The molecule has 0 radical (unpaired) electrons.